The van der Waals surface area contributed by atoms with E-state index in [1.54, 1.807) is 24.3 Å². The molecule has 1 N–H and O–H groups in total. The van der Waals surface area contributed by atoms with E-state index in [0.717, 1.165) is 41.5 Å². The van der Waals surface area contributed by atoms with E-state index < -0.39 is 10.0 Å². The third-order valence-corrected chi connectivity index (χ3v) is 7.75. The van der Waals surface area contributed by atoms with E-state index in [2.05, 4.69) is 27.8 Å². The Morgan fingerprint density at radius 1 is 0.909 bits per heavy atom. The molecular formula is C26H25ClN2O3S. The van der Waals surface area contributed by atoms with Gasteiger partial charge in [0.15, 0.2) is 0 Å². The molecule has 7 heteroatoms. The normalized spacial score (nSPS) is 15.1. The van der Waals surface area contributed by atoms with Gasteiger partial charge in [-0.25, -0.2) is 13.1 Å². The lowest BCUT2D eigenvalue weighted by Gasteiger charge is -2.39. The Labute approximate surface area is 199 Å². The fourth-order valence-electron chi connectivity index (χ4n) is 4.27. The lowest BCUT2D eigenvalue weighted by molar-refractivity contribution is 0.0857. The number of hydrogen-bond donors (Lipinski definition) is 1. The molecule has 5 nitrogen and oxygen atoms in total. The molecule has 1 saturated heterocycles. The van der Waals surface area contributed by atoms with Gasteiger partial charge in [0.05, 0.1) is 4.90 Å². The summed E-state index contributed by atoms with van der Waals surface area (Å²) >= 11 is 6.01. The van der Waals surface area contributed by atoms with Gasteiger partial charge >= 0.3 is 0 Å². The molecule has 0 saturated carbocycles. The van der Waals surface area contributed by atoms with Crippen molar-refractivity contribution in [2.24, 2.45) is 5.92 Å². The summed E-state index contributed by atoms with van der Waals surface area (Å²) in [4.78, 5) is 2.56. The van der Waals surface area contributed by atoms with E-state index >= 15 is 0 Å². The van der Waals surface area contributed by atoms with Crippen LogP contribution in [-0.4, -0.2) is 46.1 Å². The molecule has 5 rings (SSSR count). The number of halogens is 1. The SMILES string of the molecule is O=S(=O)(NCC1CN(CCOc2cccc3ccccc23)C1)c1ccc2cc(Cl)ccc2c1. The molecule has 0 spiro atoms. The molecule has 0 aromatic heterocycles. The van der Waals surface area contributed by atoms with Crippen molar-refractivity contribution in [3.05, 3.63) is 83.9 Å². The Kier molecular flexibility index (Phi) is 6.25. The Hall–Kier alpha value is -2.64. The second-order valence-electron chi connectivity index (χ2n) is 8.46. The zero-order valence-electron chi connectivity index (χ0n) is 18.1. The van der Waals surface area contributed by atoms with Gasteiger partial charge < -0.3 is 4.74 Å². The van der Waals surface area contributed by atoms with Crippen LogP contribution in [0.15, 0.2) is 83.8 Å². The highest BCUT2D eigenvalue weighted by Crippen LogP contribution is 2.26. The summed E-state index contributed by atoms with van der Waals surface area (Å²) < 4.78 is 34.2. The number of fused-ring (bicyclic) bond motifs is 2. The van der Waals surface area contributed by atoms with Crippen LogP contribution in [0.5, 0.6) is 5.75 Å². The average Bonchev–Trinajstić information content (AvgIpc) is 2.79. The molecule has 1 aliphatic heterocycles. The molecule has 33 heavy (non-hydrogen) atoms. The second kappa shape index (κ2) is 9.31. The van der Waals surface area contributed by atoms with E-state index in [0.29, 0.717) is 24.1 Å². The Balaban J connectivity index is 1.09. The molecular weight excluding hydrogens is 456 g/mol. The van der Waals surface area contributed by atoms with E-state index in [-0.39, 0.29) is 4.90 Å². The zero-order chi connectivity index (χ0) is 22.8. The maximum absolute atomic E-state index is 12.7. The Bertz CT molecular complexity index is 1400. The fraction of sp³-hybridized carbons (Fsp3) is 0.231. The highest BCUT2D eigenvalue weighted by Gasteiger charge is 2.28. The van der Waals surface area contributed by atoms with Crippen LogP contribution in [-0.2, 0) is 10.0 Å². The third-order valence-electron chi connectivity index (χ3n) is 6.09. The lowest BCUT2D eigenvalue weighted by atomic mass is 10.0. The average molecular weight is 481 g/mol. The number of likely N-dealkylation sites (tertiary alicyclic amines) is 1. The smallest absolute Gasteiger partial charge is 0.240 e. The van der Waals surface area contributed by atoms with Crippen LogP contribution in [0.3, 0.4) is 0 Å². The van der Waals surface area contributed by atoms with Crippen molar-refractivity contribution in [3.63, 3.8) is 0 Å². The first kappa shape index (κ1) is 22.2. The van der Waals surface area contributed by atoms with Crippen molar-refractivity contribution in [2.45, 2.75) is 4.90 Å². The summed E-state index contributed by atoms with van der Waals surface area (Å²) in [7, 11) is -3.55. The van der Waals surface area contributed by atoms with Crippen molar-refractivity contribution in [3.8, 4) is 5.75 Å². The highest BCUT2D eigenvalue weighted by molar-refractivity contribution is 7.89. The first-order valence-corrected chi connectivity index (χ1v) is 12.9. The molecule has 0 amide bonds. The maximum atomic E-state index is 12.7. The molecule has 0 unspecified atom stereocenters. The molecule has 0 bridgehead atoms. The van der Waals surface area contributed by atoms with E-state index in [4.69, 9.17) is 16.3 Å². The van der Waals surface area contributed by atoms with Gasteiger partial charge in [0, 0.05) is 36.6 Å². The third kappa shape index (κ3) is 4.99. The Morgan fingerprint density at radius 3 is 2.55 bits per heavy atom. The molecule has 0 radical (unpaired) electrons. The van der Waals surface area contributed by atoms with Gasteiger partial charge in [-0.1, -0.05) is 60.1 Å². The minimum atomic E-state index is -3.55. The van der Waals surface area contributed by atoms with Crippen LogP contribution in [0.1, 0.15) is 0 Å². The first-order chi connectivity index (χ1) is 16.0. The first-order valence-electron chi connectivity index (χ1n) is 11.0. The number of nitrogens with zero attached hydrogens (tertiary/aromatic N) is 1. The number of nitrogens with one attached hydrogen (secondary N) is 1. The van der Waals surface area contributed by atoms with Crippen molar-refractivity contribution >= 4 is 43.2 Å². The quantitative estimate of drug-likeness (QED) is 0.388. The van der Waals surface area contributed by atoms with Crippen LogP contribution >= 0.6 is 11.6 Å². The summed E-state index contributed by atoms with van der Waals surface area (Å²) in [6.07, 6.45) is 0. The largest absolute Gasteiger partial charge is 0.492 e. The van der Waals surface area contributed by atoms with Gasteiger partial charge in [0.2, 0.25) is 10.0 Å². The fourth-order valence-corrected chi connectivity index (χ4v) is 5.60. The molecule has 1 heterocycles. The van der Waals surface area contributed by atoms with E-state index in [1.807, 2.05) is 36.4 Å². The van der Waals surface area contributed by atoms with Gasteiger partial charge in [0.25, 0.3) is 0 Å². The molecule has 4 aromatic rings. The van der Waals surface area contributed by atoms with Gasteiger partial charge in [-0.15, -0.1) is 0 Å². The number of rotatable bonds is 8. The van der Waals surface area contributed by atoms with Crippen LogP contribution in [0, 0.1) is 5.92 Å². The molecule has 1 aliphatic rings. The van der Waals surface area contributed by atoms with Gasteiger partial charge in [0.1, 0.15) is 12.4 Å². The predicted octanol–water partition coefficient (Wildman–Crippen LogP) is 4.94. The monoisotopic (exact) mass is 480 g/mol. The summed E-state index contributed by atoms with van der Waals surface area (Å²) in [6.45, 7) is 3.57. The zero-order valence-corrected chi connectivity index (χ0v) is 19.6. The van der Waals surface area contributed by atoms with Crippen molar-refractivity contribution in [1.29, 1.82) is 0 Å². The van der Waals surface area contributed by atoms with E-state index in [1.165, 1.54) is 5.39 Å². The number of hydrogen-bond acceptors (Lipinski definition) is 4. The van der Waals surface area contributed by atoms with Crippen molar-refractivity contribution in [2.75, 3.05) is 32.8 Å². The summed E-state index contributed by atoms with van der Waals surface area (Å²) in [5.74, 6) is 1.20. The summed E-state index contributed by atoms with van der Waals surface area (Å²) in [6, 6.07) is 24.8. The molecule has 0 atom stereocenters. The molecule has 1 fully saturated rings. The van der Waals surface area contributed by atoms with Crippen LogP contribution in [0.25, 0.3) is 21.5 Å². The number of sulfonamides is 1. The Morgan fingerprint density at radius 2 is 1.67 bits per heavy atom. The van der Waals surface area contributed by atoms with Crippen molar-refractivity contribution < 1.29 is 13.2 Å². The molecule has 4 aromatic carbocycles. The molecule has 170 valence electrons. The lowest BCUT2D eigenvalue weighted by Crippen LogP contribution is -2.52. The van der Waals surface area contributed by atoms with Gasteiger partial charge in [-0.3, -0.25) is 4.90 Å². The minimum Gasteiger partial charge on any atom is -0.492 e. The highest BCUT2D eigenvalue weighted by atomic mass is 35.5. The van der Waals surface area contributed by atoms with E-state index in [9.17, 15) is 8.42 Å². The van der Waals surface area contributed by atoms with Crippen molar-refractivity contribution in [1.82, 2.24) is 9.62 Å². The number of ether oxygens (including phenoxy) is 1. The van der Waals surface area contributed by atoms with Crippen LogP contribution in [0.2, 0.25) is 5.02 Å². The predicted molar refractivity (Wildman–Crippen MR) is 134 cm³/mol. The summed E-state index contributed by atoms with van der Waals surface area (Å²) in [5, 5.41) is 4.69. The molecule has 0 aliphatic carbocycles. The minimum absolute atomic E-state index is 0.275. The van der Waals surface area contributed by atoms with Crippen LogP contribution < -0.4 is 9.46 Å². The standard InChI is InChI=1S/C26H25ClN2O3S/c27-23-10-8-22-15-24(11-9-21(22)14-23)33(30,31)28-16-19-17-29(18-19)12-13-32-26-7-3-5-20-4-1-2-6-25(20)26/h1-11,14-15,19,28H,12-13,16-18H2. The van der Waals surface area contributed by atoms with Gasteiger partial charge in [-0.05, 0) is 52.4 Å². The summed E-state index contributed by atoms with van der Waals surface area (Å²) in [5.41, 5.74) is 0. The van der Waals surface area contributed by atoms with Crippen LogP contribution in [0.4, 0.5) is 0 Å². The second-order valence-corrected chi connectivity index (χ2v) is 10.7. The topological polar surface area (TPSA) is 58.6 Å². The number of benzene rings is 4. The van der Waals surface area contributed by atoms with Gasteiger partial charge in [-0.2, -0.15) is 0 Å². The maximum Gasteiger partial charge on any atom is 0.240 e.